The fourth-order valence-electron chi connectivity index (χ4n) is 3.41. The van der Waals surface area contributed by atoms with E-state index < -0.39 is 0 Å². The van der Waals surface area contributed by atoms with Gasteiger partial charge in [-0.25, -0.2) is 9.97 Å². The van der Waals surface area contributed by atoms with Gasteiger partial charge in [-0.2, -0.15) is 0 Å². The van der Waals surface area contributed by atoms with Crippen LogP contribution >= 0.6 is 0 Å². The van der Waals surface area contributed by atoms with Gasteiger partial charge in [-0.3, -0.25) is 4.57 Å². The molecule has 0 bridgehead atoms. The van der Waals surface area contributed by atoms with E-state index in [1.807, 2.05) is 18.3 Å². The Morgan fingerprint density at radius 3 is 2.84 bits per heavy atom. The fraction of sp³-hybridized carbons (Fsp3) is 0.600. The van der Waals surface area contributed by atoms with Crippen LogP contribution in [0.15, 0.2) is 18.3 Å². The molecule has 3 rings (SSSR count). The maximum Gasteiger partial charge on any atom is 0.202 e. The number of fused-ring (bicyclic) bond motifs is 1. The lowest BCUT2D eigenvalue weighted by atomic mass is 9.83. The molecule has 2 aromatic heterocycles. The van der Waals surface area contributed by atoms with E-state index in [-0.39, 0.29) is 0 Å². The minimum Gasteiger partial charge on any atom is -0.369 e. The third kappa shape index (κ3) is 2.31. The second kappa shape index (κ2) is 5.19. The molecule has 4 nitrogen and oxygen atoms in total. The van der Waals surface area contributed by atoms with Crippen molar-refractivity contribution in [2.45, 2.75) is 51.5 Å². The van der Waals surface area contributed by atoms with Crippen LogP contribution in [0.5, 0.6) is 0 Å². The van der Waals surface area contributed by atoms with Gasteiger partial charge in [0, 0.05) is 12.2 Å². The van der Waals surface area contributed by atoms with Crippen LogP contribution in [0.4, 0.5) is 5.95 Å². The van der Waals surface area contributed by atoms with Gasteiger partial charge in [-0.05, 0) is 43.7 Å². The minimum atomic E-state index is 0.480. The number of nitrogens with two attached hydrogens (primary N) is 1. The zero-order valence-corrected chi connectivity index (χ0v) is 11.5. The van der Waals surface area contributed by atoms with E-state index >= 15 is 0 Å². The van der Waals surface area contributed by atoms with Crippen molar-refractivity contribution < 1.29 is 0 Å². The number of hydrogen-bond donors (Lipinski definition) is 1. The molecule has 0 spiro atoms. The lowest BCUT2D eigenvalue weighted by molar-refractivity contribution is 0.267. The van der Waals surface area contributed by atoms with Crippen molar-refractivity contribution in [1.82, 2.24) is 14.5 Å². The second-order valence-corrected chi connectivity index (χ2v) is 5.65. The van der Waals surface area contributed by atoms with E-state index in [1.165, 1.54) is 38.5 Å². The van der Waals surface area contributed by atoms with Crippen molar-refractivity contribution in [3.8, 4) is 0 Å². The molecule has 0 unspecified atom stereocenters. The third-order valence-electron chi connectivity index (χ3n) is 4.35. The highest BCUT2D eigenvalue weighted by Crippen LogP contribution is 2.36. The van der Waals surface area contributed by atoms with Gasteiger partial charge >= 0.3 is 0 Å². The summed E-state index contributed by atoms with van der Waals surface area (Å²) >= 11 is 0. The van der Waals surface area contributed by atoms with Gasteiger partial charge in [0.15, 0.2) is 5.65 Å². The van der Waals surface area contributed by atoms with Gasteiger partial charge in [0.05, 0.1) is 0 Å². The topological polar surface area (TPSA) is 56.7 Å². The molecule has 0 radical (unpaired) electrons. The molecule has 4 heteroatoms. The van der Waals surface area contributed by atoms with E-state index in [2.05, 4.69) is 21.5 Å². The molecule has 0 atom stereocenters. The number of hydrogen-bond acceptors (Lipinski definition) is 3. The first kappa shape index (κ1) is 12.5. The first-order valence-corrected chi connectivity index (χ1v) is 7.38. The Balaban J connectivity index is 1.83. The first-order chi connectivity index (χ1) is 9.29. The van der Waals surface area contributed by atoms with E-state index in [9.17, 15) is 0 Å². The standard InChI is InChI=1S/C15H22N4/c1-2-4-11-6-8-12(9-7-11)19-14-13(18-15(19)16)5-3-10-17-14/h3,5,10-12H,2,4,6-9H2,1H3,(H2,16,18). The normalized spacial score (nSPS) is 23.8. The molecular weight excluding hydrogens is 236 g/mol. The van der Waals surface area contributed by atoms with Crippen molar-refractivity contribution in [3.05, 3.63) is 18.3 Å². The Morgan fingerprint density at radius 2 is 2.11 bits per heavy atom. The van der Waals surface area contributed by atoms with Crippen molar-refractivity contribution >= 4 is 17.1 Å². The van der Waals surface area contributed by atoms with Gasteiger partial charge in [0.25, 0.3) is 0 Å². The Morgan fingerprint density at radius 1 is 1.32 bits per heavy atom. The summed E-state index contributed by atoms with van der Waals surface area (Å²) in [5.41, 5.74) is 7.95. The highest BCUT2D eigenvalue weighted by molar-refractivity contribution is 5.73. The largest absolute Gasteiger partial charge is 0.369 e. The van der Waals surface area contributed by atoms with Gasteiger partial charge in [-0.1, -0.05) is 19.8 Å². The number of anilines is 1. The Labute approximate surface area is 114 Å². The zero-order chi connectivity index (χ0) is 13.2. The number of pyridine rings is 1. The maximum absolute atomic E-state index is 6.09. The lowest BCUT2D eigenvalue weighted by Crippen LogP contribution is -2.19. The zero-order valence-electron chi connectivity index (χ0n) is 11.5. The predicted molar refractivity (Wildman–Crippen MR) is 77.8 cm³/mol. The number of aromatic nitrogens is 3. The molecular formula is C15H22N4. The molecule has 2 aromatic rings. The molecule has 2 N–H and O–H groups in total. The van der Waals surface area contributed by atoms with E-state index in [0.29, 0.717) is 12.0 Å². The molecule has 0 aliphatic heterocycles. The van der Waals surface area contributed by atoms with Crippen LogP contribution in [-0.2, 0) is 0 Å². The van der Waals surface area contributed by atoms with E-state index in [1.54, 1.807) is 0 Å². The number of rotatable bonds is 3. The number of nitrogens with zero attached hydrogens (tertiary/aromatic N) is 3. The average molecular weight is 258 g/mol. The summed E-state index contributed by atoms with van der Waals surface area (Å²) in [6.45, 7) is 2.28. The van der Waals surface area contributed by atoms with E-state index in [4.69, 9.17) is 5.73 Å². The summed E-state index contributed by atoms with van der Waals surface area (Å²) in [5, 5.41) is 0. The van der Waals surface area contributed by atoms with Gasteiger partial charge in [0.2, 0.25) is 5.95 Å². The summed E-state index contributed by atoms with van der Waals surface area (Å²) in [6, 6.07) is 4.38. The van der Waals surface area contributed by atoms with Crippen LogP contribution < -0.4 is 5.73 Å². The number of nitrogen functional groups attached to an aromatic ring is 1. The SMILES string of the molecule is CCCC1CCC(n2c(N)nc3cccnc32)CC1. The summed E-state index contributed by atoms with van der Waals surface area (Å²) < 4.78 is 2.15. The fourth-order valence-corrected chi connectivity index (χ4v) is 3.41. The van der Waals surface area contributed by atoms with Gasteiger partial charge in [-0.15, -0.1) is 0 Å². The van der Waals surface area contributed by atoms with Crippen LogP contribution in [-0.4, -0.2) is 14.5 Å². The Kier molecular flexibility index (Phi) is 3.40. The van der Waals surface area contributed by atoms with E-state index in [0.717, 1.165) is 17.1 Å². The van der Waals surface area contributed by atoms with Gasteiger partial charge in [0.1, 0.15) is 5.52 Å². The molecule has 1 saturated carbocycles. The van der Waals surface area contributed by atoms with Crippen LogP contribution in [0.1, 0.15) is 51.5 Å². The van der Waals surface area contributed by atoms with Crippen molar-refractivity contribution in [3.63, 3.8) is 0 Å². The van der Waals surface area contributed by atoms with Crippen LogP contribution in [0, 0.1) is 5.92 Å². The molecule has 1 fully saturated rings. The molecule has 102 valence electrons. The van der Waals surface area contributed by atoms with Crippen LogP contribution in [0.3, 0.4) is 0 Å². The average Bonchev–Trinajstić information content (AvgIpc) is 2.76. The van der Waals surface area contributed by atoms with Crippen molar-refractivity contribution in [2.75, 3.05) is 5.73 Å². The molecule has 0 amide bonds. The molecule has 2 heterocycles. The molecule has 0 aromatic carbocycles. The quantitative estimate of drug-likeness (QED) is 0.916. The van der Waals surface area contributed by atoms with Crippen molar-refractivity contribution in [2.24, 2.45) is 5.92 Å². The maximum atomic E-state index is 6.09. The predicted octanol–water partition coefficient (Wildman–Crippen LogP) is 3.54. The Bertz CT molecular complexity index is 552. The summed E-state index contributed by atoms with van der Waals surface area (Å²) in [5.74, 6) is 1.53. The smallest absolute Gasteiger partial charge is 0.202 e. The highest BCUT2D eigenvalue weighted by Gasteiger charge is 2.24. The molecule has 19 heavy (non-hydrogen) atoms. The molecule has 1 aliphatic carbocycles. The Hall–Kier alpha value is -1.58. The summed E-state index contributed by atoms with van der Waals surface area (Å²) in [7, 11) is 0. The summed E-state index contributed by atoms with van der Waals surface area (Å²) in [4.78, 5) is 8.87. The number of imidazole rings is 1. The van der Waals surface area contributed by atoms with Crippen molar-refractivity contribution in [1.29, 1.82) is 0 Å². The molecule has 0 saturated heterocycles. The monoisotopic (exact) mass is 258 g/mol. The lowest BCUT2D eigenvalue weighted by Gasteiger charge is -2.29. The van der Waals surface area contributed by atoms with Gasteiger partial charge < -0.3 is 5.73 Å². The third-order valence-corrected chi connectivity index (χ3v) is 4.35. The van der Waals surface area contributed by atoms with Crippen LogP contribution in [0.2, 0.25) is 0 Å². The highest BCUT2D eigenvalue weighted by atomic mass is 15.2. The summed E-state index contributed by atoms with van der Waals surface area (Å²) in [6.07, 6.45) is 9.52. The minimum absolute atomic E-state index is 0.480. The van der Waals surface area contributed by atoms with Crippen LogP contribution in [0.25, 0.3) is 11.2 Å². The second-order valence-electron chi connectivity index (χ2n) is 5.65. The molecule has 1 aliphatic rings. The first-order valence-electron chi connectivity index (χ1n) is 7.38.